The van der Waals surface area contributed by atoms with E-state index in [1.54, 1.807) is 39.0 Å². The van der Waals surface area contributed by atoms with Crippen molar-refractivity contribution >= 4 is 0 Å². The Balaban J connectivity index is 1.06. The zero-order chi connectivity index (χ0) is 34.2. The fraction of sp³-hybridized carbons (Fsp3) is 0.604. The summed E-state index contributed by atoms with van der Waals surface area (Å²) in [5, 5.41) is 18.5. The predicted octanol–water partition coefficient (Wildman–Crippen LogP) is 11.3. The molecule has 0 aromatic rings. The van der Waals surface area contributed by atoms with E-state index in [9.17, 15) is 5.26 Å². The van der Waals surface area contributed by atoms with Gasteiger partial charge in [0.25, 0.3) is 0 Å². The first-order valence-electron chi connectivity index (χ1n) is 21.4. The van der Waals surface area contributed by atoms with Gasteiger partial charge in [0.1, 0.15) is 0 Å². The van der Waals surface area contributed by atoms with E-state index < -0.39 is 0 Å². The lowest BCUT2D eigenvalue weighted by Crippen LogP contribution is -2.60. The second-order valence-corrected chi connectivity index (χ2v) is 17.6. The van der Waals surface area contributed by atoms with Crippen molar-refractivity contribution in [1.82, 2.24) is 10.6 Å². The van der Waals surface area contributed by atoms with Gasteiger partial charge in [-0.05, 0) is 132 Å². The molecule has 3 nitrogen and oxygen atoms in total. The van der Waals surface area contributed by atoms with Crippen LogP contribution in [-0.2, 0) is 0 Å². The second-order valence-electron chi connectivity index (χ2n) is 17.6. The van der Waals surface area contributed by atoms with E-state index in [0.717, 1.165) is 12.8 Å². The summed E-state index contributed by atoms with van der Waals surface area (Å²) in [4.78, 5) is 0. The van der Waals surface area contributed by atoms with Crippen molar-refractivity contribution in [3.05, 3.63) is 106 Å². The van der Waals surface area contributed by atoms with Crippen LogP contribution in [0.4, 0.5) is 0 Å². The zero-order valence-electron chi connectivity index (χ0n) is 31.1. The molecule has 8 aliphatic carbocycles. The van der Waals surface area contributed by atoms with Crippen LogP contribution in [0.25, 0.3) is 0 Å². The topological polar surface area (TPSA) is 47.9 Å². The Morgan fingerprint density at radius 2 is 1.55 bits per heavy atom. The molecule has 0 bridgehead atoms. The number of nitrogens with zero attached hydrogens (tertiary/aromatic N) is 1. The second kappa shape index (κ2) is 14.8. The summed E-state index contributed by atoms with van der Waals surface area (Å²) in [5.41, 5.74) is 11.6. The van der Waals surface area contributed by atoms with Gasteiger partial charge in [0.05, 0.1) is 18.2 Å². The van der Waals surface area contributed by atoms with Crippen LogP contribution in [0, 0.1) is 46.3 Å². The van der Waals surface area contributed by atoms with Crippen LogP contribution in [0.3, 0.4) is 0 Å². The van der Waals surface area contributed by atoms with Crippen LogP contribution in [-0.4, -0.2) is 18.2 Å². The van der Waals surface area contributed by atoms with Crippen LogP contribution >= 0.6 is 0 Å². The molecule has 1 heterocycles. The van der Waals surface area contributed by atoms with Gasteiger partial charge in [-0.15, -0.1) is 0 Å². The fourth-order valence-corrected chi connectivity index (χ4v) is 12.5. The molecule has 268 valence electrons. The Morgan fingerprint density at radius 1 is 0.725 bits per heavy atom. The average molecular weight is 680 g/mol. The summed E-state index contributed by atoms with van der Waals surface area (Å²) < 4.78 is 0. The summed E-state index contributed by atoms with van der Waals surface area (Å²) in [5.74, 6) is 2.15. The Kier molecular flexibility index (Phi) is 9.85. The Labute approximate surface area is 308 Å². The zero-order valence-corrected chi connectivity index (χ0v) is 31.1. The van der Waals surface area contributed by atoms with Gasteiger partial charge in [-0.3, -0.25) is 10.6 Å². The maximum Gasteiger partial charge on any atom is 0.0803 e. The number of fused-ring (bicyclic) bond motifs is 2. The molecule has 3 heteroatoms. The standard InChI is InChI=1S/C48H61N3/c49-32-33-24-26-41-42-27-25-37(30-44(42)48(43(41)28-33,39-20-9-3-10-21-39)40-22-11-4-12-23-40)36-18-13-19-38(29-36)46-31-45(34-14-5-1-6-15-34)50-47(51-46)35-16-7-2-8-17-35/h1,5,14,16,20,24-27,29-30,33,36,40,42,44-47,50-51H,2-4,6-13,15,17-19,21-23,28,31H2. The lowest BCUT2D eigenvalue weighted by Gasteiger charge is -2.50. The van der Waals surface area contributed by atoms with E-state index in [1.807, 2.05) is 0 Å². The summed E-state index contributed by atoms with van der Waals surface area (Å²) in [6, 6.07) is 3.57. The third-order valence-corrected chi connectivity index (χ3v) is 14.8. The number of nitriles is 1. The van der Waals surface area contributed by atoms with Crippen molar-refractivity contribution in [1.29, 1.82) is 5.26 Å². The molecule has 9 aliphatic rings. The van der Waals surface area contributed by atoms with E-state index in [0.29, 0.717) is 35.8 Å². The van der Waals surface area contributed by atoms with Crippen molar-refractivity contribution in [2.24, 2.45) is 35.0 Å². The molecule has 0 spiro atoms. The molecule has 2 N–H and O–H groups in total. The molecule has 1 saturated heterocycles. The summed E-state index contributed by atoms with van der Waals surface area (Å²) in [6.45, 7) is 0. The minimum Gasteiger partial charge on any atom is -0.292 e. The molecule has 0 amide bonds. The highest BCUT2D eigenvalue weighted by Gasteiger charge is 2.58. The highest BCUT2D eigenvalue weighted by atomic mass is 15.2. The summed E-state index contributed by atoms with van der Waals surface area (Å²) in [6.07, 6.45) is 53.3. The Morgan fingerprint density at radius 3 is 2.31 bits per heavy atom. The minimum atomic E-state index is 0.0160. The molecule has 8 unspecified atom stereocenters. The molecule has 0 radical (unpaired) electrons. The normalized spacial score (nSPS) is 38.5. The first kappa shape index (κ1) is 33.9. The molecular weight excluding hydrogens is 619 g/mol. The number of rotatable bonds is 6. The number of hydrogen-bond donors (Lipinski definition) is 2. The van der Waals surface area contributed by atoms with E-state index in [1.165, 1.54) is 116 Å². The van der Waals surface area contributed by atoms with Crippen molar-refractivity contribution in [2.45, 2.75) is 147 Å². The largest absolute Gasteiger partial charge is 0.292 e. The summed E-state index contributed by atoms with van der Waals surface area (Å²) >= 11 is 0. The van der Waals surface area contributed by atoms with Gasteiger partial charge < -0.3 is 0 Å². The Hall–Kier alpha value is -2.93. The number of nitrogens with one attached hydrogen (secondary N) is 2. The lowest BCUT2D eigenvalue weighted by atomic mass is 9.53. The lowest BCUT2D eigenvalue weighted by molar-refractivity contribution is 0.135. The van der Waals surface area contributed by atoms with Gasteiger partial charge >= 0.3 is 0 Å². The fourth-order valence-electron chi connectivity index (χ4n) is 12.5. The van der Waals surface area contributed by atoms with Crippen LogP contribution in [0.5, 0.6) is 0 Å². The highest BCUT2D eigenvalue weighted by Crippen LogP contribution is 2.67. The van der Waals surface area contributed by atoms with Crippen molar-refractivity contribution < 1.29 is 0 Å². The van der Waals surface area contributed by atoms with Crippen LogP contribution in [0.15, 0.2) is 106 Å². The molecule has 1 aliphatic heterocycles. The molecule has 8 atom stereocenters. The third-order valence-electron chi connectivity index (χ3n) is 14.8. The van der Waals surface area contributed by atoms with Crippen molar-refractivity contribution in [3.63, 3.8) is 0 Å². The van der Waals surface area contributed by atoms with E-state index in [4.69, 9.17) is 0 Å². The van der Waals surface area contributed by atoms with E-state index >= 15 is 0 Å². The number of allylic oxidation sites excluding steroid dienone is 15. The molecule has 0 aromatic carbocycles. The number of hydrogen-bond acceptors (Lipinski definition) is 3. The first-order chi connectivity index (χ1) is 25.2. The van der Waals surface area contributed by atoms with Gasteiger partial charge in [-0.1, -0.05) is 108 Å². The van der Waals surface area contributed by atoms with E-state index in [2.05, 4.69) is 83.5 Å². The molecule has 0 aromatic heterocycles. The van der Waals surface area contributed by atoms with Gasteiger partial charge in [0, 0.05) is 35.3 Å². The minimum absolute atomic E-state index is 0.0160. The highest BCUT2D eigenvalue weighted by molar-refractivity contribution is 5.55. The van der Waals surface area contributed by atoms with Crippen LogP contribution in [0.2, 0.25) is 0 Å². The summed E-state index contributed by atoms with van der Waals surface area (Å²) in [7, 11) is 0. The quantitative estimate of drug-likeness (QED) is 0.275. The molecule has 2 fully saturated rings. The monoisotopic (exact) mass is 679 g/mol. The first-order valence-corrected chi connectivity index (χ1v) is 21.4. The molecule has 9 rings (SSSR count). The predicted molar refractivity (Wildman–Crippen MR) is 210 cm³/mol. The maximum absolute atomic E-state index is 10.2. The van der Waals surface area contributed by atoms with Gasteiger partial charge in [-0.25, -0.2) is 0 Å². The van der Waals surface area contributed by atoms with Crippen LogP contribution < -0.4 is 10.6 Å². The molecule has 51 heavy (non-hydrogen) atoms. The van der Waals surface area contributed by atoms with Gasteiger partial charge in [0.15, 0.2) is 0 Å². The van der Waals surface area contributed by atoms with Crippen molar-refractivity contribution in [3.8, 4) is 6.07 Å². The Bertz CT molecular complexity index is 1680. The van der Waals surface area contributed by atoms with Crippen LogP contribution in [0.1, 0.15) is 128 Å². The maximum atomic E-state index is 10.2. The van der Waals surface area contributed by atoms with Crippen molar-refractivity contribution in [2.75, 3.05) is 0 Å². The van der Waals surface area contributed by atoms with E-state index in [-0.39, 0.29) is 17.5 Å². The molecule has 1 saturated carbocycles. The average Bonchev–Trinajstić information content (AvgIpc) is 3.51. The molecular formula is C48H61N3. The smallest absolute Gasteiger partial charge is 0.0803 e. The van der Waals surface area contributed by atoms with Gasteiger partial charge in [-0.2, -0.15) is 5.26 Å². The SMILES string of the molecule is N#CC1C=CC2=C(C1)C(C1=CCCCC1)(C1CCCCC1)C1C=C(C3C=C(C4CC(C5=CC=CCC5)NC(C5=CCCCC5)N4)CCC3)C=CC21. The third kappa shape index (κ3) is 6.31. The van der Waals surface area contributed by atoms with Gasteiger partial charge in [0.2, 0.25) is 0 Å².